The summed E-state index contributed by atoms with van der Waals surface area (Å²) in [4.78, 5) is 11.8. The number of halogens is 1. The Morgan fingerprint density at radius 2 is 2.00 bits per heavy atom. The minimum Gasteiger partial charge on any atom is -0.497 e. The average molecular weight is 303 g/mol. The molecule has 0 aliphatic carbocycles. The first kappa shape index (κ1) is 16.0. The van der Waals surface area contributed by atoms with Gasteiger partial charge in [-0.1, -0.05) is 24.3 Å². The van der Waals surface area contributed by atoms with Crippen LogP contribution in [0.3, 0.4) is 0 Å². The lowest BCUT2D eigenvalue weighted by Gasteiger charge is -2.13. The molecule has 0 radical (unpaired) electrons. The van der Waals surface area contributed by atoms with Gasteiger partial charge in [-0.2, -0.15) is 0 Å². The van der Waals surface area contributed by atoms with Gasteiger partial charge >= 0.3 is 0 Å². The number of carbonyl (C=O) groups excluding carboxylic acids is 1. The molecule has 0 saturated carbocycles. The van der Waals surface area contributed by atoms with Gasteiger partial charge in [-0.3, -0.25) is 4.79 Å². The summed E-state index contributed by atoms with van der Waals surface area (Å²) < 4.78 is 17.9. The van der Waals surface area contributed by atoms with Crippen molar-refractivity contribution in [1.82, 2.24) is 5.32 Å². The maximum Gasteiger partial charge on any atom is 0.224 e. The number of hydrogen-bond donors (Lipinski definition) is 2. The van der Waals surface area contributed by atoms with Gasteiger partial charge in [0.15, 0.2) is 0 Å². The van der Waals surface area contributed by atoms with Gasteiger partial charge < -0.3 is 15.2 Å². The van der Waals surface area contributed by atoms with E-state index in [0.717, 1.165) is 5.56 Å². The van der Waals surface area contributed by atoms with Gasteiger partial charge in [-0.05, 0) is 35.4 Å². The number of rotatable bonds is 6. The molecular weight excluding hydrogens is 285 g/mol. The number of benzene rings is 2. The van der Waals surface area contributed by atoms with Crippen LogP contribution >= 0.6 is 0 Å². The molecule has 2 N–H and O–H groups in total. The second-order valence-electron chi connectivity index (χ2n) is 4.90. The molecular formula is C17H18FNO3. The SMILES string of the molecule is COc1cccc(C(O)CNC(=O)Cc2ccc(F)cc2)c1. The summed E-state index contributed by atoms with van der Waals surface area (Å²) in [6.45, 7) is 0.104. The predicted molar refractivity (Wildman–Crippen MR) is 81.1 cm³/mol. The summed E-state index contributed by atoms with van der Waals surface area (Å²) in [6.07, 6.45) is -0.669. The Hall–Kier alpha value is -2.40. The van der Waals surface area contributed by atoms with Crippen molar-refractivity contribution in [3.8, 4) is 5.75 Å². The number of carbonyl (C=O) groups is 1. The Bertz CT molecular complexity index is 628. The van der Waals surface area contributed by atoms with Gasteiger partial charge in [0.25, 0.3) is 0 Å². The van der Waals surface area contributed by atoms with E-state index in [9.17, 15) is 14.3 Å². The molecule has 5 heteroatoms. The number of nitrogens with one attached hydrogen (secondary N) is 1. The van der Waals surface area contributed by atoms with Gasteiger partial charge in [0.05, 0.1) is 19.6 Å². The molecule has 4 nitrogen and oxygen atoms in total. The molecule has 0 aromatic heterocycles. The fourth-order valence-corrected chi connectivity index (χ4v) is 2.03. The third kappa shape index (κ3) is 4.56. The number of ether oxygens (including phenoxy) is 1. The molecule has 0 aliphatic rings. The predicted octanol–water partition coefficient (Wildman–Crippen LogP) is 2.23. The van der Waals surface area contributed by atoms with Crippen LogP contribution < -0.4 is 10.1 Å². The molecule has 0 fully saturated rings. The number of methoxy groups -OCH3 is 1. The highest BCUT2D eigenvalue weighted by molar-refractivity contribution is 5.78. The zero-order valence-corrected chi connectivity index (χ0v) is 12.3. The average Bonchev–Trinajstić information content (AvgIpc) is 2.55. The molecule has 116 valence electrons. The molecule has 2 aromatic rings. The molecule has 1 unspecified atom stereocenters. The first-order valence-electron chi connectivity index (χ1n) is 6.91. The third-order valence-electron chi connectivity index (χ3n) is 3.25. The molecule has 2 rings (SSSR count). The van der Waals surface area contributed by atoms with E-state index >= 15 is 0 Å². The number of hydrogen-bond acceptors (Lipinski definition) is 3. The second kappa shape index (κ2) is 7.56. The molecule has 1 atom stereocenters. The summed E-state index contributed by atoms with van der Waals surface area (Å²) in [5.74, 6) is 0.0837. The molecule has 0 saturated heterocycles. The summed E-state index contributed by atoms with van der Waals surface area (Å²) >= 11 is 0. The van der Waals surface area contributed by atoms with Crippen molar-refractivity contribution in [3.63, 3.8) is 0 Å². The number of aliphatic hydroxyl groups excluding tert-OH is 1. The number of amides is 1. The Labute approximate surface area is 128 Å². The maximum atomic E-state index is 12.8. The standard InChI is InChI=1S/C17H18FNO3/c1-22-15-4-2-3-13(10-15)16(20)11-19-17(21)9-12-5-7-14(18)8-6-12/h2-8,10,16,20H,9,11H2,1H3,(H,19,21). The fourth-order valence-electron chi connectivity index (χ4n) is 2.03. The first-order chi connectivity index (χ1) is 10.6. The molecule has 0 bridgehead atoms. The van der Waals surface area contributed by atoms with Gasteiger partial charge in [0.2, 0.25) is 5.91 Å². The van der Waals surface area contributed by atoms with Crippen LogP contribution in [0, 0.1) is 5.82 Å². The zero-order chi connectivity index (χ0) is 15.9. The van der Waals surface area contributed by atoms with Gasteiger partial charge in [-0.25, -0.2) is 4.39 Å². The summed E-state index contributed by atoms with van der Waals surface area (Å²) in [5, 5.41) is 12.7. The van der Waals surface area contributed by atoms with E-state index in [1.165, 1.54) is 12.1 Å². The topological polar surface area (TPSA) is 58.6 Å². The molecule has 22 heavy (non-hydrogen) atoms. The van der Waals surface area contributed by atoms with Gasteiger partial charge in [0.1, 0.15) is 11.6 Å². The molecule has 0 spiro atoms. The third-order valence-corrected chi connectivity index (χ3v) is 3.25. The molecule has 0 aliphatic heterocycles. The molecule has 1 amide bonds. The monoisotopic (exact) mass is 303 g/mol. The lowest BCUT2D eigenvalue weighted by Crippen LogP contribution is -2.29. The van der Waals surface area contributed by atoms with Crippen molar-refractivity contribution in [3.05, 3.63) is 65.5 Å². The summed E-state index contributed by atoms with van der Waals surface area (Å²) in [5.41, 5.74) is 1.39. The van der Waals surface area contributed by atoms with E-state index < -0.39 is 6.10 Å². The molecule has 0 heterocycles. The summed E-state index contributed by atoms with van der Waals surface area (Å²) in [7, 11) is 1.55. The van der Waals surface area contributed by atoms with Crippen LogP contribution in [-0.2, 0) is 11.2 Å². The van der Waals surface area contributed by atoms with Crippen LogP contribution in [0.15, 0.2) is 48.5 Å². The smallest absolute Gasteiger partial charge is 0.224 e. The highest BCUT2D eigenvalue weighted by Crippen LogP contribution is 2.18. The van der Waals surface area contributed by atoms with E-state index in [4.69, 9.17) is 4.74 Å². The number of aliphatic hydroxyl groups is 1. The quantitative estimate of drug-likeness (QED) is 0.860. The largest absolute Gasteiger partial charge is 0.497 e. The van der Waals surface area contributed by atoms with Crippen molar-refractivity contribution in [2.45, 2.75) is 12.5 Å². The van der Waals surface area contributed by atoms with Crippen molar-refractivity contribution in [2.75, 3.05) is 13.7 Å². The van der Waals surface area contributed by atoms with E-state index in [2.05, 4.69) is 5.32 Å². The van der Waals surface area contributed by atoms with Crippen molar-refractivity contribution in [1.29, 1.82) is 0 Å². The van der Waals surface area contributed by atoms with Crippen molar-refractivity contribution < 1.29 is 19.0 Å². The minimum absolute atomic E-state index is 0.104. The van der Waals surface area contributed by atoms with Gasteiger partial charge in [-0.15, -0.1) is 0 Å². The van der Waals surface area contributed by atoms with Crippen LogP contribution in [0.1, 0.15) is 17.2 Å². The Kier molecular flexibility index (Phi) is 5.49. The lowest BCUT2D eigenvalue weighted by molar-refractivity contribution is -0.120. The Morgan fingerprint density at radius 3 is 2.68 bits per heavy atom. The normalized spacial score (nSPS) is 11.8. The lowest BCUT2D eigenvalue weighted by atomic mass is 10.1. The Balaban J connectivity index is 1.86. The van der Waals surface area contributed by atoms with Crippen LogP contribution in [0.25, 0.3) is 0 Å². The van der Waals surface area contributed by atoms with Crippen LogP contribution in [0.2, 0.25) is 0 Å². The highest BCUT2D eigenvalue weighted by atomic mass is 19.1. The Morgan fingerprint density at radius 1 is 1.27 bits per heavy atom. The minimum atomic E-state index is -0.813. The van der Waals surface area contributed by atoms with Crippen LogP contribution in [0.4, 0.5) is 4.39 Å². The van der Waals surface area contributed by atoms with E-state index in [1.807, 2.05) is 0 Å². The van der Waals surface area contributed by atoms with Gasteiger partial charge in [0, 0.05) is 6.54 Å². The van der Waals surface area contributed by atoms with Crippen LogP contribution in [-0.4, -0.2) is 24.7 Å². The van der Waals surface area contributed by atoms with Crippen molar-refractivity contribution in [2.24, 2.45) is 0 Å². The highest BCUT2D eigenvalue weighted by Gasteiger charge is 2.10. The van der Waals surface area contributed by atoms with E-state index in [1.54, 1.807) is 43.5 Å². The maximum absolute atomic E-state index is 12.8. The fraction of sp³-hybridized carbons (Fsp3) is 0.235. The van der Waals surface area contributed by atoms with Crippen LogP contribution in [0.5, 0.6) is 5.75 Å². The second-order valence-corrected chi connectivity index (χ2v) is 4.90. The van der Waals surface area contributed by atoms with E-state index in [0.29, 0.717) is 11.3 Å². The summed E-state index contributed by atoms with van der Waals surface area (Å²) in [6, 6.07) is 12.8. The van der Waals surface area contributed by atoms with E-state index in [-0.39, 0.29) is 24.7 Å². The zero-order valence-electron chi connectivity index (χ0n) is 12.3. The first-order valence-corrected chi connectivity index (χ1v) is 6.91. The van der Waals surface area contributed by atoms with Crippen molar-refractivity contribution >= 4 is 5.91 Å². The molecule has 2 aromatic carbocycles.